The molecule has 0 aliphatic rings. The molecule has 0 fully saturated rings. The van der Waals surface area contributed by atoms with Gasteiger partial charge < -0.3 is 10.4 Å². The maximum atomic E-state index is 12.7. The zero-order valence-corrected chi connectivity index (χ0v) is 15.5. The van der Waals surface area contributed by atoms with Crippen molar-refractivity contribution in [2.75, 3.05) is 0 Å². The summed E-state index contributed by atoms with van der Waals surface area (Å²) in [5, 5.41) is 17.2. The van der Waals surface area contributed by atoms with Gasteiger partial charge in [0.1, 0.15) is 0 Å². The van der Waals surface area contributed by atoms with Gasteiger partial charge in [-0.2, -0.15) is 5.10 Å². The lowest BCUT2D eigenvalue weighted by molar-refractivity contribution is -0.145. The Morgan fingerprint density at radius 3 is 2.28 bits per heavy atom. The molecule has 7 heteroatoms. The van der Waals surface area contributed by atoms with Crippen molar-refractivity contribution in [1.29, 1.82) is 0 Å². The minimum Gasteiger partial charge on any atom is -0.479 e. The smallest absolute Gasteiger partial charge is 0.334 e. The van der Waals surface area contributed by atoms with Crippen LogP contribution < -0.4 is 5.32 Å². The van der Waals surface area contributed by atoms with Crippen molar-refractivity contribution in [3.63, 3.8) is 0 Å². The standard InChI is InChI=1S/C18H22ClN3O3/c1-5-18(16(24)25,13-6-8-14(19)9-7-13)21-15(23)12-10-20-22(11-12)17(2,3)4/h6-11H,5H2,1-4H3,(H,21,23)(H,24,25). The highest BCUT2D eigenvalue weighted by Crippen LogP contribution is 2.27. The summed E-state index contributed by atoms with van der Waals surface area (Å²) < 4.78 is 1.67. The molecule has 0 radical (unpaired) electrons. The van der Waals surface area contributed by atoms with E-state index in [9.17, 15) is 14.7 Å². The average Bonchev–Trinajstić information content (AvgIpc) is 3.03. The van der Waals surface area contributed by atoms with Crippen LogP contribution >= 0.6 is 11.6 Å². The van der Waals surface area contributed by atoms with E-state index in [1.54, 1.807) is 42.1 Å². The highest BCUT2D eigenvalue weighted by Gasteiger charge is 2.40. The molecule has 2 aromatic rings. The molecule has 0 spiro atoms. The molecule has 1 aromatic carbocycles. The summed E-state index contributed by atoms with van der Waals surface area (Å²) in [6, 6.07) is 6.43. The van der Waals surface area contributed by atoms with Crippen molar-refractivity contribution in [3.8, 4) is 0 Å². The summed E-state index contributed by atoms with van der Waals surface area (Å²) >= 11 is 5.89. The third kappa shape index (κ3) is 3.85. The number of aliphatic carboxylic acids is 1. The fraction of sp³-hybridized carbons (Fsp3) is 0.389. The number of carbonyl (C=O) groups excluding carboxylic acids is 1. The minimum absolute atomic E-state index is 0.184. The molecule has 25 heavy (non-hydrogen) atoms. The van der Waals surface area contributed by atoms with Crippen LogP contribution in [0.3, 0.4) is 0 Å². The molecule has 0 aliphatic heterocycles. The molecule has 1 unspecified atom stereocenters. The van der Waals surface area contributed by atoms with E-state index in [0.717, 1.165) is 0 Å². The second kappa shape index (κ2) is 6.88. The van der Waals surface area contributed by atoms with E-state index in [1.165, 1.54) is 6.20 Å². The number of amides is 1. The Morgan fingerprint density at radius 2 is 1.84 bits per heavy atom. The molecular weight excluding hydrogens is 342 g/mol. The molecule has 0 saturated carbocycles. The van der Waals surface area contributed by atoms with Gasteiger partial charge in [-0.3, -0.25) is 9.48 Å². The number of carboxylic acids is 1. The lowest BCUT2D eigenvalue weighted by Crippen LogP contribution is -2.51. The fourth-order valence-corrected chi connectivity index (χ4v) is 2.63. The SMILES string of the molecule is CCC(NC(=O)c1cnn(C(C)(C)C)c1)(C(=O)O)c1ccc(Cl)cc1. The maximum Gasteiger partial charge on any atom is 0.334 e. The van der Waals surface area contributed by atoms with Crippen molar-refractivity contribution in [2.45, 2.75) is 45.2 Å². The fourth-order valence-electron chi connectivity index (χ4n) is 2.50. The molecule has 1 amide bonds. The number of carboxylic acid groups (broad SMARTS) is 1. The van der Waals surface area contributed by atoms with E-state index >= 15 is 0 Å². The number of carbonyl (C=O) groups is 2. The Hall–Kier alpha value is -2.34. The molecule has 1 heterocycles. The molecular formula is C18H22ClN3O3. The lowest BCUT2D eigenvalue weighted by Gasteiger charge is -2.30. The average molecular weight is 364 g/mol. The summed E-state index contributed by atoms with van der Waals surface area (Å²) in [4.78, 5) is 24.7. The van der Waals surface area contributed by atoms with Crippen molar-refractivity contribution in [1.82, 2.24) is 15.1 Å². The van der Waals surface area contributed by atoms with E-state index in [0.29, 0.717) is 16.1 Å². The molecule has 6 nitrogen and oxygen atoms in total. The van der Waals surface area contributed by atoms with Crippen LogP contribution in [0.15, 0.2) is 36.7 Å². The van der Waals surface area contributed by atoms with Crippen molar-refractivity contribution < 1.29 is 14.7 Å². The molecule has 0 aliphatic carbocycles. The number of nitrogens with one attached hydrogen (secondary N) is 1. The Kier molecular flexibility index (Phi) is 5.23. The predicted octanol–water partition coefficient (Wildman–Crippen LogP) is 3.41. The first-order valence-corrected chi connectivity index (χ1v) is 8.35. The van der Waals surface area contributed by atoms with Crippen LogP contribution in [-0.4, -0.2) is 26.8 Å². The largest absolute Gasteiger partial charge is 0.479 e. The van der Waals surface area contributed by atoms with Gasteiger partial charge in [0.05, 0.1) is 17.3 Å². The molecule has 1 atom stereocenters. The van der Waals surface area contributed by atoms with Crippen molar-refractivity contribution in [3.05, 3.63) is 52.8 Å². The molecule has 2 rings (SSSR count). The Labute approximate surface area is 151 Å². The number of hydrogen-bond acceptors (Lipinski definition) is 3. The number of rotatable bonds is 5. The topological polar surface area (TPSA) is 84.2 Å². The minimum atomic E-state index is -1.54. The zero-order chi connectivity index (χ0) is 18.8. The summed E-state index contributed by atoms with van der Waals surface area (Å²) in [6.45, 7) is 7.59. The third-order valence-corrected chi connectivity index (χ3v) is 4.34. The van der Waals surface area contributed by atoms with Gasteiger partial charge in [0.25, 0.3) is 5.91 Å². The molecule has 0 bridgehead atoms. The van der Waals surface area contributed by atoms with E-state index in [-0.39, 0.29) is 12.0 Å². The van der Waals surface area contributed by atoms with Crippen LogP contribution in [0.5, 0.6) is 0 Å². The first-order valence-electron chi connectivity index (χ1n) is 7.97. The predicted molar refractivity (Wildman–Crippen MR) is 95.7 cm³/mol. The number of nitrogens with zero attached hydrogens (tertiary/aromatic N) is 2. The van der Waals surface area contributed by atoms with Crippen molar-refractivity contribution in [2.24, 2.45) is 0 Å². The highest BCUT2D eigenvalue weighted by atomic mass is 35.5. The van der Waals surface area contributed by atoms with Crippen LogP contribution in [0, 0.1) is 0 Å². The van der Waals surface area contributed by atoms with E-state index in [2.05, 4.69) is 10.4 Å². The third-order valence-electron chi connectivity index (χ3n) is 4.09. The quantitative estimate of drug-likeness (QED) is 0.852. The monoisotopic (exact) mass is 363 g/mol. The maximum absolute atomic E-state index is 12.7. The van der Waals surface area contributed by atoms with Gasteiger partial charge in [0, 0.05) is 11.2 Å². The van der Waals surface area contributed by atoms with Crippen LogP contribution in [-0.2, 0) is 15.9 Å². The van der Waals surface area contributed by atoms with Crippen LogP contribution in [0.1, 0.15) is 50.0 Å². The number of aromatic nitrogens is 2. The first-order chi connectivity index (χ1) is 11.6. The molecule has 2 N–H and O–H groups in total. The summed E-state index contributed by atoms with van der Waals surface area (Å²) in [7, 11) is 0. The Morgan fingerprint density at radius 1 is 1.24 bits per heavy atom. The zero-order valence-electron chi connectivity index (χ0n) is 14.7. The van der Waals surface area contributed by atoms with Gasteiger partial charge in [0.2, 0.25) is 0 Å². The summed E-state index contributed by atoms with van der Waals surface area (Å²) in [5.41, 5.74) is -1.04. The van der Waals surface area contributed by atoms with Gasteiger partial charge in [-0.05, 0) is 44.9 Å². The Bertz CT molecular complexity index is 778. The number of hydrogen-bond donors (Lipinski definition) is 2. The second-order valence-electron chi connectivity index (χ2n) is 6.87. The molecule has 1 aromatic heterocycles. The summed E-state index contributed by atoms with van der Waals surface area (Å²) in [5.74, 6) is -1.62. The second-order valence-corrected chi connectivity index (χ2v) is 7.31. The van der Waals surface area contributed by atoms with Gasteiger partial charge in [-0.1, -0.05) is 30.7 Å². The first kappa shape index (κ1) is 19.0. The number of halogens is 1. The van der Waals surface area contributed by atoms with Gasteiger partial charge in [0.15, 0.2) is 5.54 Å². The van der Waals surface area contributed by atoms with E-state index in [4.69, 9.17) is 11.6 Å². The van der Waals surface area contributed by atoms with Gasteiger partial charge in [-0.25, -0.2) is 4.79 Å². The lowest BCUT2D eigenvalue weighted by atomic mass is 9.87. The van der Waals surface area contributed by atoms with Crippen LogP contribution in [0.25, 0.3) is 0 Å². The van der Waals surface area contributed by atoms with Crippen LogP contribution in [0.4, 0.5) is 0 Å². The van der Waals surface area contributed by atoms with Crippen LogP contribution in [0.2, 0.25) is 5.02 Å². The number of benzene rings is 1. The molecule has 134 valence electrons. The molecule has 0 saturated heterocycles. The highest BCUT2D eigenvalue weighted by molar-refractivity contribution is 6.30. The van der Waals surface area contributed by atoms with Gasteiger partial charge >= 0.3 is 5.97 Å². The van der Waals surface area contributed by atoms with Gasteiger partial charge in [-0.15, -0.1) is 0 Å². The normalized spacial score (nSPS) is 14.0. The van der Waals surface area contributed by atoms with E-state index in [1.807, 2.05) is 20.8 Å². The van der Waals surface area contributed by atoms with Crippen molar-refractivity contribution >= 4 is 23.5 Å². The Balaban J connectivity index is 2.37. The van der Waals surface area contributed by atoms with E-state index < -0.39 is 17.4 Å². The summed E-state index contributed by atoms with van der Waals surface area (Å²) in [6.07, 6.45) is 3.23.